The molecule has 11 heavy (non-hydrogen) atoms. The maximum absolute atomic E-state index is 11.3. The van der Waals surface area contributed by atoms with Crippen molar-refractivity contribution in [3.63, 3.8) is 0 Å². The van der Waals surface area contributed by atoms with Crippen LogP contribution in [-0.4, -0.2) is 32.2 Å². The van der Waals surface area contributed by atoms with Gasteiger partial charge in [0.15, 0.2) is 5.78 Å². The Bertz CT molecular complexity index is 130. The van der Waals surface area contributed by atoms with Gasteiger partial charge in [-0.15, -0.1) is 0 Å². The van der Waals surface area contributed by atoms with Gasteiger partial charge in [-0.25, -0.2) is 0 Å². The summed E-state index contributed by atoms with van der Waals surface area (Å²) in [7, 11) is 3.14. The Hall–Kier alpha value is -0.410. The minimum atomic E-state index is -0.228. The fourth-order valence-electron chi connectivity index (χ4n) is 1.45. The van der Waals surface area contributed by atoms with Crippen LogP contribution in [0.25, 0.3) is 0 Å². The molecule has 0 N–H and O–H groups in total. The molecule has 1 aliphatic carbocycles. The van der Waals surface area contributed by atoms with Crippen molar-refractivity contribution in [2.45, 2.75) is 31.5 Å². The smallest absolute Gasteiger partial charge is 0.190 e. The molecule has 0 bridgehead atoms. The largest absolute Gasteiger partial charge is 0.374 e. The summed E-state index contributed by atoms with van der Waals surface area (Å²) in [4.78, 5) is 11.3. The van der Waals surface area contributed by atoms with Crippen molar-refractivity contribution in [2.75, 3.05) is 14.2 Å². The molecule has 2 atom stereocenters. The van der Waals surface area contributed by atoms with E-state index in [1.807, 2.05) is 0 Å². The second-order valence-corrected chi connectivity index (χ2v) is 2.78. The standard InChI is InChI=1S/C8H14O3/c1-10-6-4-3-5-7(11-2)8(6)9/h6-7H,3-5H2,1-2H3. The van der Waals surface area contributed by atoms with Gasteiger partial charge in [0.2, 0.25) is 0 Å². The van der Waals surface area contributed by atoms with Crippen molar-refractivity contribution < 1.29 is 14.3 Å². The first kappa shape index (κ1) is 8.68. The van der Waals surface area contributed by atoms with Gasteiger partial charge in [0.1, 0.15) is 12.2 Å². The maximum Gasteiger partial charge on any atom is 0.190 e. The average molecular weight is 158 g/mol. The number of carbonyl (C=O) groups excluding carboxylic acids is 1. The molecule has 0 saturated heterocycles. The molecule has 3 heteroatoms. The third kappa shape index (κ3) is 1.79. The van der Waals surface area contributed by atoms with Crippen molar-refractivity contribution >= 4 is 5.78 Å². The molecule has 0 aromatic rings. The highest BCUT2D eigenvalue weighted by atomic mass is 16.5. The highest BCUT2D eigenvalue weighted by molar-refractivity contribution is 5.88. The second-order valence-electron chi connectivity index (χ2n) is 2.78. The number of hydrogen-bond donors (Lipinski definition) is 0. The lowest BCUT2D eigenvalue weighted by atomic mass is 9.93. The zero-order valence-corrected chi connectivity index (χ0v) is 7.00. The number of rotatable bonds is 2. The van der Waals surface area contributed by atoms with Gasteiger partial charge in [-0.1, -0.05) is 0 Å². The Kier molecular flexibility index (Phi) is 3.02. The number of Topliss-reactive ketones (excluding diaryl/α,β-unsaturated/α-hetero) is 1. The third-order valence-electron chi connectivity index (χ3n) is 2.14. The summed E-state index contributed by atoms with van der Waals surface area (Å²) in [5.41, 5.74) is 0. The number of ketones is 1. The van der Waals surface area contributed by atoms with Crippen LogP contribution >= 0.6 is 0 Å². The molecule has 0 aliphatic heterocycles. The quantitative estimate of drug-likeness (QED) is 0.595. The predicted octanol–water partition coefficient (Wildman–Crippen LogP) is 0.769. The van der Waals surface area contributed by atoms with E-state index in [1.54, 1.807) is 14.2 Å². The third-order valence-corrected chi connectivity index (χ3v) is 2.14. The van der Waals surface area contributed by atoms with Gasteiger partial charge in [0, 0.05) is 14.2 Å². The summed E-state index contributed by atoms with van der Waals surface area (Å²) >= 11 is 0. The van der Waals surface area contributed by atoms with E-state index in [4.69, 9.17) is 9.47 Å². The molecule has 1 fully saturated rings. The molecule has 0 radical (unpaired) electrons. The summed E-state index contributed by atoms with van der Waals surface area (Å²) < 4.78 is 10.0. The van der Waals surface area contributed by atoms with E-state index in [2.05, 4.69) is 0 Å². The van der Waals surface area contributed by atoms with E-state index >= 15 is 0 Å². The molecule has 1 rings (SSSR count). The maximum atomic E-state index is 11.3. The number of hydrogen-bond acceptors (Lipinski definition) is 3. The first-order chi connectivity index (χ1) is 5.29. The Balaban J connectivity index is 2.52. The number of ether oxygens (including phenoxy) is 2. The van der Waals surface area contributed by atoms with Crippen LogP contribution in [0.2, 0.25) is 0 Å². The molecule has 0 spiro atoms. The van der Waals surface area contributed by atoms with Crippen molar-refractivity contribution in [1.29, 1.82) is 0 Å². The summed E-state index contributed by atoms with van der Waals surface area (Å²) in [6.07, 6.45) is 2.25. The second kappa shape index (κ2) is 3.83. The first-order valence-electron chi connectivity index (χ1n) is 3.89. The van der Waals surface area contributed by atoms with Crippen molar-refractivity contribution in [2.24, 2.45) is 0 Å². The Morgan fingerprint density at radius 3 is 2.00 bits per heavy atom. The monoisotopic (exact) mass is 158 g/mol. The van der Waals surface area contributed by atoms with Crippen LogP contribution in [0.5, 0.6) is 0 Å². The van der Waals surface area contributed by atoms with Crippen LogP contribution in [0, 0.1) is 0 Å². The first-order valence-corrected chi connectivity index (χ1v) is 3.89. The molecule has 0 heterocycles. The lowest BCUT2D eigenvalue weighted by Crippen LogP contribution is -2.38. The molecule has 0 amide bonds. The van der Waals surface area contributed by atoms with Crippen molar-refractivity contribution in [1.82, 2.24) is 0 Å². The van der Waals surface area contributed by atoms with Gasteiger partial charge >= 0.3 is 0 Å². The summed E-state index contributed by atoms with van der Waals surface area (Å²) in [5, 5.41) is 0. The zero-order chi connectivity index (χ0) is 8.27. The lowest BCUT2D eigenvalue weighted by molar-refractivity contribution is -0.143. The SMILES string of the molecule is COC1CCCC(OC)C1=O. The van der Waals surface area contributed by atoms with Crippen LogP contribution in [-0.2, 0) is 14.3 Å². The van der Waals surface area contributed by atoms with Gasteiger partial charge in [0.05, 0.1) is 0 Å². The van der Waals surface area contributed by atoms with Gasteiger partial charge < -0.3 is 9.47 Å². The van der Waals surface area contributed by atoms with Crippen LogP contribution in [0.1, 0.15) is 19.3 Å². The highest BCUT2D eigenvalue weighted by Gasteiger charge is 2.30. The molecule has 2 unspecified atom stereocenters. The van der Waals surface area contributed by atoms with Gasteiger partial charge in [-0.2, -0.15) is 0 Å². The molecule has 1 aliphatic rings. The predicted molar refractivity (Wildman–Crippen MR) is 40.5 cm³/mol. The Morgan fingerprint density at radius 2 is 1.64 bits per heavy atom. The van der Waals surface area contributed by atoms with Crippen LogP contribution < -0.4 is 0 Å². The van der Waals surface area contributed by atoms with Crippen LogP contribution in [0.4, 0.5) is 0 Å². The molecule has 64 valence electrons. The number of methoxy groups -OCH3 is 2. The van der Waals surface area contributed by atoms with E-state index in [-0.39, 0.29) is 18.0 Å². The Morgan fingerprint density at radius 1 is 1.18 bits per heavy atom. The number of carbonyl (C=O) groups is 1. The molecular weight excluding hydrogens is 144 g/mol. The zero-order valence-electron chi connectivity index (χ0n) is 7.00. The van der Waals surface area contributed by atoms with E-state index in [0.717, 1.165) is 19.3 Å². The average Bonchev–Trinajstić information content (AvgIpc) is 2.05. The molecule has 0 aromatic heterocycles. The molecule has 3 nitrogen and oxygen atoms in total. The molecule has 0 aromatic carbocycles. The fourth-order valence-corrected chi connectivity index (χ4v) is 1.45. The fraction of sp³-hybridized carbons (Fsp3) is 0.875. The normalized spacial score (nSPS) is 32.4. The molecular formula is C8H14O3. The minimum Gasteiger partial charge on any atom is -0.374 e. The Labute approximate surface area is 66.7 Å². The lowest BCUT2D eigenvalue weighted by Gasteiger charge is -2.25. The van der Waals surface area contributed by atoms with E-state index in [9.17, 15) is 4.79 Å². The minimum absolute atomic E-state index is 0.0984. The topological polar surface area (TPSA) is 35.5 Å². The van der Waals surface area contributed by atoms with Crippen LogP contribution in [0.3, 0.4) is 0 Å². The summed E-state index contributed by atoms with van der Waals surface area (Å²) in [6, 6.07) is 0. The van der Waals surface area contributed by atoms with Gasteiger partial charge in [-0.05, 0) is 19.3 Å². The summed E-state index contributed by atoms with van der Waals surface area (Å²) in [5.74, 6) is 0.0984. The van der Waals surface area contributed by atoms with E-state index < -0.39 is 0 Å². The van der Waals surface area contributed by atoms with Crippen molar-refractivity contribution in [3.05, 3.63) is 0 Å². The van der Waals surface area contributed by atoms with Crippen molar-refractivity contribution in [3.8, 4) is 0 Å². The molecule has 1 saturated carbocycles. The van der Waals surface area contributed by atoms with Gasteiger partial charge in [0.25, 0.3) is 0 Å². The van der Waals surface area contributed by atoms with E-state index in [1.165, 1.54) is 0 Å². The highest BCUT2D eigenvalue weighted by Crippen LogP contribution is 2.19. The van der Waals surface area contributed by atoms with Crippen LogP contribution in [0.15, 0.2) is 0 Å². The summed E-state index contributed by atoms with van der Waals surface area (Å²) in [6.45, 7) is 0. The van der Waals surface area contributed by atoms with E-state index in [0.29, 0.717) is 0 Å². The van der Waals surface area contributed by atoms with Gasteiger partial charge in [-0.3, -0.25) is 4.79 Å².